The fraction of sp³-hybridized carbons (Fsp3) is 0.353. The summed E-state index contributed by atoms with van der Waals surface area (Å²) in [7, 11) is 0. The van der Waals surface area contributed by atoms with E-state index in [1.54, 1.807) is 25.1 Å². The second-order valence-corrected chi connectivity index (χ2v) is 11.5. The predicted molar refractivity (Wildman–Crippen MR) is 164 cm³/mol. The number of halogens is 2. The van der Waals surface area contributed by atoms with Crippen LogP contribution in [0.2, 0.25) is 0 Å². The van der Waals surface area contributed by atoms with Crippen LogP contribution in [0.1, 0.15) is 48.8 Å². The van der Waals surface area contributed by atoms with Gasteiger partial charge in [0, 0.05) is 31.3 Å². The molecule has 0 unspecified atom stereocenters. The van der Waals surface area contributed by atoms with Crippen molar-refractivity contribution in [2.45, 2.75) is 58.1 Å². The number of nitriles is 1. The molecule has 0 bridgehead atoms. The van der Waals surface area contributed by atoms with Gasteiger partial charge >= 0.3 is 5.97 Å². The fourth-order valence-electron chi connectivity index (χ4n) is 5.63. The number of fused-ring (bicyclic) bond motifs is 1. The molecular weight excluding hydrogens is 596 g/mol. The van der Waals surface area contributed by atoms with E-state index < -0.39 is 17.6 Å². The van der Waals surface area contributed by atoms with Crippen LogP contribution in [0.25, 0.3) is 16.7 Å². The summed E-state index contributed by atoms with van der Waals surface area (Å²) < 4.78 is 48.2. The molecule has 4 heterocycles. The van der Waals surface area contributed by atoms with Crippen LogP contribution in [0.5, 0.6) is 11.5 Å². The van der Waals surface area contributed by atoms with E-state index in [1.165, 1.54) is 18.2 Å². The third kappa shape index (κ3) is 7.17. The van der Waals surface area contributed by atoms with E-state index in [9.17, 15) is 18.7 Å². The van der Waals surface area contributed by atoms with E-state index >= 15 is 0 Å². The zero-order chi connectivity index (χ0) is 32.2. The first-order valence-corrected chi connectivity index (χ1v) is 15.1. The molecule has 4 aromatic rings. The summed E-state index contributed by atoms with van der Waals surface area (Å²) in [5.41, 5.74) is 3.01. The Kier molecular flexibility index (Phi) is 9.23. The van der Waals surface area contributed by atoms with Crippen LogP contribution in [-0.4, -0.2) is 62.4 Å². The number of carbonyl (C=O) groups is 1. The number of carboxylic acid groups (broad SMARTS) is 1. The number of benzene rings is 2. The van der Waals surface area contributed by atoms with Crippen LogP contribution < -0.4 is 9.47 Å². The highest BCUT2D eigenvalue weighted by Gasteiger charge is 2.26. The maximum Gasteiger partial charge on any atom is 0.328 e. The molecular formula is C34H33F2N5O5. The fourth-order valence-corrected chi connectivity index (χ4v) is 5.63. The minimum Gasteiger partial charge on any atom is -0.490 e. The number of hydrogen-bond donors (Lipinski definition) is 1. The van der Waals surface area contributed by atoms with E-state index in [4.69, 9.17) is 29.4 Å². The second-order valence-electron chi connectivity index (χ2n) is 11.5. The van der Waals surface area contributed by atoms with Gasteiger partial charge in [-0.2, -0.15) is 5.26 Å². The van der Waals surface area contributed by atoms with Crippen LogP contribution in [-0.2, 0) is 29.2 Å². The van der Waals surface area contributed by atoms with Crippen molar-refractivity contribution in [2.24, 2.45) is 0 Å². The smallest absolute Gasteiger partial charge is 0.328 e. The summed E-state index contributed by atoms with van der Waals surface area (Å²) >= 11 is 0. The van der Waals surface area contributed by atoms with Crippen LogP contribution in [0.4, 0.5) is 8.78 Å². The number of aliphatic carboxylic acids is 1. The number of likely N-dealkylation sites (tertiary alicyclic amines) is 1. The molecule has 0 saturated carbocycles. The molecule has 2 aliphatic rings. The highest BCUT2D eigenvalue weighted by Crippen LogP contribution is 2.27. The second kappa shape index (κ2) is 13.6. The quantitative estimate of drug-likeness (QED) is 0.215. The monoisotopic (exact) mass is 629 g/mol. The maximum atomic E-state index is 14.5. The van der Waals surface area contributed by atoms with Crippen LogP contribution in [0.3, 0.4) is 0 Å². The Morgan fingerprint density at radius 3 is 2.61 bits per heavy atom. The van der Waals surface area contributed by atoms with Gasteiger partial charge in [-0.05, 0) is 80.3 Å². The Labute approximate surface area is 264 Å². The van der Waals surface area contributed by atoms with Gasteiger partial charge in [0.2, 0.25) is 0 Å². The molecule has 46 heavy (non-hydrogen) atoms. The number of allylic oxidation sites excluding steroid dienone is 1. The van der Waals surface area contributed by atoms with Crippen molar-refractivity contribution >= 4 is 22.7 Å². The van der Waals surface area contributed by atoms with Gasteiger partial charge < -0.3 is 23.9 Å². The molecule has 12 heteroatoms. The Bertz CT molecular complexity index is 1820. The summed E-state index contributed by atoms with van der Waals surface area (Å²) in [6.07, 6.45) is 3.65. The van der Waals surface area contributed by atoms with Crippen molar-refractivity contribution in [2.75, 3.05) is 19.7 Å². The molecule has 1 atom stereocenters. The van der Waals surface area contributed by atoms with E-state index in [0.29, 0.717) is 35.8 Å². The number of hydrogen-bond acceptors (Lipinski definition) is 8. The van der Waals surface area contributed by atoms with Gasteiger partial charge in [0.15, 0.2) is 17.2 Å². The van der Waals surface area contributed by atoms with Gasteiger partial charge in [0.1, 0.15) is 35.6 Å². The molecule has 0 radical (unpaired) electrons. The minimum absolute atomic E-state index is 0.0628. The largest absolute Gasteiger partial charge is 0.490 e. The molecule has 6 rings (SSSR count). The summed E-state index contributed by atoms with van der Waals surface area (Å²) in [5.74, 6) is -0.872. The van der Waals surface area contributed by atoms with Crippen LogP contribution in [0, 0.1) is 23.0 Å². The molecule has 238 valence electrons. The lowest BCUT2D eigenvalue weighted by atomic mass is 10.1. The van der Waals surface area contributed by atoms with Crippen molar-refractivity contribution < 1.29 is 32.9 Å². The normalized spacial score (nSPS) is 17.4. The average molecular weight is 630 g/mol. The van der Waals surface area contributed by atoms with Gasteiger partial charge in [-0.1, -0.05) is 0 Å². The van der Waals surface area contributed by atoms with Crippen molar-refractivity contribution in [1.29, 1.82) is 5.26 Å². The SMILES string of the molecule is C/C(=C\C(=O)O)c1ccc2nc(CN3CCC(Oc4ccc(F)c(COc5ccc(C#N)cc5F)c4)CC3)n(C[C@@H]3CCO3)c2n1. The highest BCUT2D eigenvalue weighted by atomic mass is 19.1. The van der Waals surface area contributed by atoms with E-state index in [0.717, 1.165) is 62.4 Å². The third-order valence-corrected chi connectivity index (χ3v) is 8.26. The summed E-state index contributed by atoms with van der Waals surface area (Å²) in [6, 6.07) is 13.9. The zero-order valence-electron chi connectivity index (χ0n) is 25.3. The van der Waals surface area contributed by atoms with Crippen LogP contribution >= 0.6 is 0 Å². The number of aromatic nitrogens is 3. The Morgan fingerprint density at radius 1 is 1.11 bits per heavy atom. The number of nitrogens with zero attached hydrogens (tertiary/aromatic N) is 5. The molecule has 0 amide bonds. The van der Waals surface area contributed by atoms with Crippen molar-refractivity contribution in [3.8, 4) is 17.6 Å². The third-order valence-electron chi connectivity index (χ3n) is 8.26. The Morgan fingerprint density at radius 2 is 1.91 bits per heavy atom. The molecule has 2 aromatic heterocycles. The van der Waals surface area contributed by atoms with Crippen molar-refractivity contribution in [1.82, 2.24) is 19.4 Å². The molecule has 10 nitrogen and oxygen atoms in total. The topological polar surface area (TPSA) is 123 Å². The Hall–Kier alpha value is -4.86. The van der Waals surface area contributed by atoms with Gasteiger partial charge in [-0.3, -0.25) is 4.90 Å². The van der Waals surface area contributed by atoms with Gasteiger partial charge in [-0.15, -0.1) is 0 Å². The standard InChI is InChI=1S/C34H33F2N5O5/c1-21(14-33(42)43)29-5-6-30-34(39-29)41(18-26-10-13-44-26)32(38-30)19-40-11-8-24(9-12-40)46-25-3-4-27(35)23(16-25)20-45-31-7-2-22(17-37)15-28(31)36/h2-7,14-16,24,26H,8-13,18-20H2,1H3,(H,42,43)/b21-14+/t26-/m0/s1. The summed E-state index contributed by atoms with van der Waals surface area (Å²) in [5, 5.41) is 18.1. The molecule has 0 aliphatic carbocycles. The van der Waals surface area contributed by atoms with E-state index in [1.807, 2.05) is 12.1 Å². The zero-order valence-corrected chi connectivity index (χ0v) is 25.3. The Balaban J connectivity index is 1.09. The number of piperidine rings is 1. The highest BCUT2D eigenvalue weighted by molar-refractivity contribution is 5.89. The number of carboxylic acids is 1. The molecule has 2 aliphatic heterocycles. The molecule has 2 saturated heterocycles. The number of pyridine rings is 1. The first kappa shape index (κ1) is 31.1. The van der Waals surface area contributed by atoms with Gasteiger partial charge in [0.25, 0.3) is 0 Å². The first-order chi connectivity index (χ1) is 22.2. The number of rotatable bonds is 11. The maximum absolute atomic E-state index is 14.5. The molecule has 2 aromatic carbocycles. The molecule has 0 spiro atoms. The van der Waals surface area contributed by atoms with Crippen LogP contribution in [0.15, 0.2) is 54.6 Å². The van der Waals surface area contributed by atoms with E-state index in [-0.39, 0.29) is 35.7 Å². The molecule has 1 N–H and O–H groups in total. The first-order valence-electron chi connectivity index (χ1n) is 15.1. The lowest BCUT2D eigenvalue weighted by Gasteiger charge is -2.32. The molecule has 2 fully saturated rings. The van der Waals surface area contributed by atoms with E-state index in [2.05, 4.69) is 9.47 Å². The average Bonchev–Trinajstić information content (AvgIpc) is 3.35. The minimum atomic E-state index is -1.02. The number of imidazole rings is 1. The van der Waals surface area contributed by atoms with Crippen molar-refractivity contribution in [3.05, 3.63) is 88.9 Å². The number of ether oxygens (including phenoxy) is 3. The summed E-state index contributed by atoms with van der Waals surface area (Å²) in [4.78, 5) is 23.2. The summed E-state index contributed by atoms with van der Waals surface area (Å²) in [6.45, 7) is 5.03. The lowest BCUT2D eigenvalue weighted by Crippen LogP contribution is -2.39. The lowest BCUT2D eigenvalue weighted by molar-refractivity contribution is -0.131. The van der Waals surface area contributed by atoms with Crippen molar-refractivity contribution in [3.63, 3.8) is 0 Å². The van der Waals surface area contributed by atoms with Gasteiger partial charge in [0.05, 0.1) is 36.5 Å². The predicted octanol–water partition coefficient (Wildman–Crippen LogP) is 5.48. The van der Waals surface area contributed by atoms with Gasteiger partial charge in [-0.25, -0.2) is 23.5 Å².